The lowest BCUT2D eigenvalue weighted by molar-refractivity contribution is -0.137. The van der Waals surface area contributed by atoms with Crippen molar-refractivity contribution in [2.24, 2.45) is 0 Å². The van der Waals surface area contributed by atoms with Crippen LogP contribution in [0.2, 0.25) is 0 Å². The number of aliphatic hydroxyl groups is 1. The minimum Gasteiger partial charge on any atom is -0.388 e. The van der Waals surface area contributed by atoms with Crippen molar-refractivity contribution in [3.05, 3.63) is 0 Å². The first-order valence-electron chi connectivity index (χ1n) is 6.18. The van der Waals surface area contributed by atoms with E-state index in [0.29, 0.717) is 13.0 Å². The normalized spacial score (nSPS) is 27.9. The minimum absolute atomic E-state index is 0.147. The molecule has 2 N–H and O–H groups in total. The van der Waals surface area contributed by atoms with Crippen molar-refractivity contribution in [2.75, 3.05) is 19.6 Å². The van der Waals surface area contributed by atoms with Gasteiger partial charge in [0.25, 0.3) is 0 Å². The van der Waals surface area contributed by atoms with E-state index < -0.39 is 5.60 Å². The quantitative estimate of drug-likeness (QED) is 0.746. The third-order valence-corrected chi connectivity index (χ3v) is 3.06. The molecule has 1 aliphatic heterocycles. The molecule has 94 valence electrons. The van der Waals surface area contributed by atoms with Gasteiger partial charge in [0.15, 0.2) is 0 Å². The molecule has 0 aliphatic carbocycles. The molecule has 1 aliphatic rings. The zero-order chi connectivity index (χ0) is 12.2. The maximum atomic E-state index is 11.9. The standard InChI is InChI=1S/C12H24N2O2/c1-4-13-10(2)8-11(15)14-7-5-6-12(3,16)9-14/h10,13,16H,4-9H2,1-3H3. The van der Waals surface area contributed by atoms with Crippen molar-refractivity contribution in [2.45, 2.75) is 51.7 Å². The van der Waals surface area contributed by atoms with Crippen LogP contribution in [0.5, 0.6) is 0 Å². The Kier molecular flexibility index (Phi) is 4.74. The van der Waals surface area contributed by atoms with Gasteiger partial charge in [0, 0.05) is 25.6 Å². The summed E-state index contributed by atoms with van der Waals surface area (Å²) < 4.78 is 0. The van der Waals surface area contributed by atoms with Crippen molar-refractivity contribution in [1.29, 1.82) is 0 Å². The van der Waals surface area contributed by atoms with Crippen molar-refractivity contribution in [3.63, 3.8) is 0 Å². The van der Waals surface area contributed by atoms with Gasteiger partial charge >= 0.3 is 0 Å². The summed E-state index contributed by atoms with van der Waals surface area (Å²) >= 11 is 0. The molecule has 0 radical (unpaired) electrons. The third-order valence-electron chi connectivity index (χ3n) is 3.06. The Morgan fingerprint density at radius 1 is 1.62 bits per heavy atom. The largest absolute Gasteiger partial charge is 0.388 e. The molecule has 2 atom stereocenters. The number of hydrogen-bond acceptors (Lipinski definition) is 3. The number of carbonyl (C=O) groups excluding carboxylic acids is 1. The Balaban J connectivity index is 2.41. The molecule has 1 fully saturated rings. The third kappa shape index (κ3) is 4.10. The highest BCUT2D eigenvalue weighted by Gasteiger charge is 2.30. The lowest BCUT2D eigenvalue weighted by Gasteiger charge is -2.37. The van der Waals surface area contributed by atoms with Gasteiger partial charge in [0.2, 0.25) is 5.91 Å². The molecule has 1 amide bonds. The molecule has 1 saturated heterocycles. The number of nitrogens with zero attached hydrogens (tertiary/aromatic N) is 1. The molecule has 0 aromatic rings. The molecule has 4 nitrogen and oxygen atoms in total. The highest BCUT2D eigenvalue weighted by molar-refractivity contribution is 5.77. The fraction of sp³-hybridized carbons (Fsp3) is 0.917. The maximum Gasteiger partial charge on any atom is 0.224 e. The number of likely N-dealkylation sites (tertiary alicyclic amines) is 1. The van der Waals surface area contributed by atoms with E-state index in [1.165, 1.54) is 0 Å². The van der Waals surface area contributed by atoms with Gasteiger partial charge in [-0.25, -0.2) is 0 Å². The molecule has 0 aromatic carbocycles. The second-order valence-corrected chi connectivity index (χ2v) is 5.08. The topological polar surface area (TPSA) is 52.6 Å². The predicted molar refractivity (Wildman–Crippen MR) is 64.2 cm³/mol. The van der Waals surface area contributed by atoms with Crippen LogP contribution >= 0.6 is 0 Å². The first kappa shape index (κ1) is 13.5. The fourth-order valence-corrected chi connectivity index (χ4v) is 2.24. The van der Waals surface area contributed by atoms with Crippen molar-refractivity contribution < 1.29 is 9.90 Å². The van der Waals surface area contributed by atoms with E-state index in [1.807, 2.05) is 13.8 Å². The van der Waals surface area contributed by atoms with Crippen LogP contribution in [-0.2, 0) is 4.79 Å². The molecular weight excluding hydrogens is 204 g/mol. The van der Waals surface area contributed by atoms with Crippen LogP contribution in [0, 0.1) is 0 Å². The van der Waals surface area contributed by atoms with Crippen LogP contribution in [0.4, 0.5) is 0 Å². The van der Waals surface area contributed by atoms with Gasteiger partial charge in [-0.05, 0) is 33.2 Å². The van der Waals surface area contributed by atoms with Crippen LogP contribution in [0.1, 0.15) is 40.0 Å². The SMILES string of the molecule is CCNC(C)CC(=O)N1CCCC(C)(O)C1. The molecule has 4 heteroatoms. The molecule has 0 bridgehead atoms. The van der Waals surface area contributed by atoms with E-state index in [9.17, 15) is 9.90 Å². The number of carbonyl (C=O) groups is 1. The van der Waals surface area contributed by atoms with Crippen molar-refractivity contribution in [1.82, 2.24) is 10.2 Å². The zero-order valence-corrected chi connectivity index (χ0v) is 10.6. The Morgan fingerprint density at radius 3 is 2.88 bits per heavy atom. The summed E-state index contributed by atoms with van der Waals surface area (Å²) in [5.41, 5.74) is -0.699. The van der Waals surface area contributed by atoms with E-state index in [4.69, 9.17) is 0 Å². The Labute approximate surface area is 98.0 Å². The number of rotatable bonds is 4. The maximum absolute atomic E-state index is 11.9. The van der Waals surface area contributed by atoms with Gasteiger partial charge < -0.3 is 15.3 Å². The second-order valence-electron chi connectivity index (χ2n) is 5.08. The first-order valence-corrected chi connectivity index (χ1v) is 6.18. The summed E-state index contributed by atoms with van der Waals surface area (Å²) in [5.74, 6) is 0.147. The van der Waals surface area contributed by atoms with E-state index in [1.54, 1.807) is 11.8 Å². The lowest BCUT2D eigenvalue weighted by atomic mass is 9.95. The summed E-state index contributed by atoms with van der Waals surface area (Å²) in [5, 5.41) is 13.1. The van der Waals surface area contributed by atoms with Gasteiger partial charge in [0.1, 0.15) is 0 Å². The van der Waals surface area contributed by atoms with E-state index in [-0.39, 0.29) is 11.9 Å². The molecule has 0 aromatic heterocycles. The fourth-order valence-electron chi connectivity index (χ4n) is 2.24. The highest BCUT2D eigenvalue weighted by atomic mass is 16.3. The van der Waals surface area contributed by atoms with E-state index in [2.05, 4.69) is 5.32 Å². The smallest absolute Gasteiger partial charge is 0.224 e. The van der Waals surface area contributed by atoms with Gasteiger partial charge in [-0.3, -0.25) is 4.79 Å². The van der Waals surface area contributed by atoms with Crippen LogP contribution in [0.25, 0.3) is 0 Å². The first-order chi connectivity index (χ1) is 7.44. The minimum atomic E-state index is -0.699. The molecule has 16 heavy (non-hydrogen) atoms. The summed E-state index contributed by atoms with van der Waals surface area (Å²) in [4.78, 5) is 13.7. The average molecular weight is 228 g/mol. The summed E-state index contributed by atoms with van der Waals surface area (Å²) in [7, 11) is 0. The van der Waals surface area contributed by atoms with Crippen LogP contribution < -0.4 is 5.32 Å². The summed E-state index contributed by atoms with van der Waals surface area (Å²) in [6.07, 6.45) is 2.21. The molecule has 0 spiro atoms. The molecule has 1 heterocycles. The number of amides is 1. The number of β-amino-alcohol motifs (C(OH)–C–C–N with tert-alkyl or cyclic N) is 1. The molecule has 0 saturated carbocycles. The van der Waals surface area contributed by atoms with Crippen molar-refractivity contribution in [3.8, 4) is 0 Å². The number of piperidine rings is 1. The van der Waals surface area contributed by atoms with E-state index >= 15 is 0 Å². The lowest BCUT2D eigenvalue weighted by Crippen LogP contribution is -2.49. The number of nitrogens with one attached hydrogen (secondary N) is 1. The highest BCUT2D eigenvalue weighted by Crippen LogP contribution is 2.20. The van der Waals surface area contributed by atoms with Crippen LogP contribution in [0.3, 0.4) is 0 Å². The number of hydrogen-bond donors (Lipinski definition) is 2. The van der Waals surface area contributed by atoms with E-state index in [0.717, 1.165) is 25.9 Å². The van der Waals surface area contributed by atoms with Crippen molar-refractivity contribution >= 4 is 5.91 Å². The monoisotopic (exact) mass is 228 g/mol. The summed E-state index contributed by atoms with van der Waals surface area (Å²) in [6.45, 7) is 8.00. The average Bonchev–Trinajstić information content (AvgIpc) is 2.16. The van der Waals surface area contributed by atoms with Crippen LogP contribution in [0.15, 0.2) is 0 Å². The zero-order valence-electron chi connectivity index (χ0n) is 10.6. The molecular formula is C12H24N2O2. The van der Waals surface area contributed by atoms with Gasteiger partial charge in [-0.2, -0.15) is 0 Å². The summed E-state index contributed by atoms with van der Waals surface area (Å²) in [6, 6.07) is 0.212. The molecule has 2 unspecified atom stereocenters. The Bertz CT molecular complexity index is 241. The predicted octanol–water partition coefficient (Wildman–Crippen LogP) is 0.748. The van der Waals surface area contributed by atoms with Gasteiger partial charge in [0.05, 0.1) is 5.60 Å². The molecule has 1 rings (SSSR count). The second kappa shape index (κ2) is 5.64. The van der Waals surface area contributed by atoms with Gasteiger partial charge in [-0.1, -0.05) is 6.92 Å². The van der Waals surface area contributed by atoms with Crippen LogP contribution in [-0.4, -0.2) is 47.2 Å². The Hall–Kier alpha value is -0.610. The van der Waals surface area contributed by atoms with Gasteiger partial charge in [-0.15, -0.1) is 0 Å². The Morgan fingerprint density at radius 2 is 2.31 bits per heavy atom.